The van der Waals surface area contributed by atoms with Gasteiger partial charge in [-0.2, -0.15) is 0 Å². The second-order valence-electron chi connectivity index (χ2n) is 2.69. The number of carbonyl (C=O) groups is 1. The van der Waals surface area contributed by atoms with Crippen molar-refractivity contribution in [1.82, 2.24) is 0 Å². The Morgan fingerprint density at radius 3 is 2.00 bits per heavy atom. The van der Waals surface area contributed by atoms with Crippen molar-refractivity contribution in [2.45, 2.75) is 9.07 Å². The Kier molecular flexibility index (Phi) is 3.72. The van der Waals surface area contributed by atoms with Crippen LogP contribution < -0.4 is 0 Å². The van der Waals surface area contributed by atoms with Crippen LogP contribution in [0.4, 0.5) is 0 Å². The summed E-state index contributed by atoms with van der Waals surface area (Å²) in [5.41, 5.74) is 1.80. The maximum atomic E-state index is 11.6. The summed E-state index contributed by atoms with van der Waals surface area (Å²) in [6.07, 6.45) is 0. The van der Waals surface area contributed by atoms with E-state index in [4.69, 9.17) is 0 Å². The zero-order valence-corrected chi connectivity index (χ0v) is 11.6. The van der Waals surface area contributed by atoms with E-state index in [1.165, 1.54) is 0 Å². The monoisotopic (exact) mass is 368 g/mol. The van der Waals surface area contributed by atoms with Crippen LogP contribution in [0.25, 0.3) is 0 Å². The third kappa shape index (κ3) is 3.18. The van der Waals surface area contributed by atoms with Gasteiger partial charge in [-0.05, 0) is 6.92 Å². The Morgan fingerprint density at radius 1 is 1.15 bits per heavy atom. The van der Waals surface area contributed by atoms with Crippen LogP contribution in [0.5, 0.6) is 0 Å². The van der Waals surface area contributed by atoms with E-state index in [0.29, 0.717) is 5.56 Å². The lowest BCUT2D eigenvalue weighted by Gasteiger charge is -2.10. The molecule has 0 heterocycles. The van der Waals surface area contributed by atoms with Crippen molar-refractivity contribution in [2.24, 2.45) is 0 Å². The van der Waals surface area contributed by atoms with Crippen molar-refractivity contribution in [3.05, 3.63) is 35.4 Å². The van der Waals surface area contributed by atoms with Gasteiger partial charge < -0.3 is 0 Å². The summed E-state index contributed by atoms with van der Waals surface area (Å²) in [5.74, 6) is -0.0486. The summed E-state index contributed by atoms with van der Waals surface area (Å²) >= 11 is 9.55. The first-order chi connectivity index (χ1) is 5.91. The highest BCUT2D eigenvalue weighted by atomic mass is 80.0. The Labute approximate surface area is 102 Å². The Morgan fingerprint density at radius 2 is 1.62 bits per heavy atom. The number of hydrogen-bond acceptors (Lipinski definition) is 1. The van der Waals surface area contributed by atoms with Crippen LogP contribution in [0, 0.1) is 6.92 Å². The van der Waals surface area contributed by atoms with Gasteiger partial charge in [-0.1, -0.05) is 77.6 Å². The van der Waals surface area contributed by atoms with E-state index in [9.17, 15) is 4.79 Å². The van der Waals surface area contributed by atoms with Crippen LogP contribution in [0.2, 0.25) is 0 Å². The zero-order valence-electron chi connectivity index (χ0n) is 6.85. The van der Waals surface area contributed by atoms with Crippen molar-refractivity contribution < 1.29 is 4.79 Å². The summed E-state index contributed by atoms with van der Waals surface area (Å²) in [6.45, 7) is 1.98. The molecule has 1 rings (SSSR count). The molecule has 1 nitrogen and oxygen atoms in total. The molecule has 0 radical (unpaired) electrons. The molecule has 0 aliphatic carbocycles. The number of carbonyl (C=O) groups excluding carboxylic acids is 1. The molecule has 0 aliphatic rings. The van der Waals surface area contributed by atoms with Gasteiger partial charge in [0.1, 0.15) is 0 Å². The van der Waals surface area contributed by atoms with Crippen molar-refractivity contribution >= 4 is 53.6 Å². The predicted molar refractivity (Wildman–Crippen MR) is 65.0 cm³/mol. The molecule has 0 saturated heterocycles. The molecule has 0 N–H and O–H groups in total. The van der Waals surface area contributed by atoms with Crippen molar-refractivity contribution in [3.8, 4) is 0 Å². The van der Waals surface area contributed by atoms with E-state index < -0.39 is 2.14 Å². The topological polar surface area (TPSA) is 17.1 Å². The average Bonchev–Trinajstić information content (AvgIpc) is 2.03. The molecule has 70 valence electrons. The van der Waals surface area contributed by atoms with Gasteiger partial charge in [0.05, 0.1) is 0 Å². The Bertz CT molecular complexity index is 311. The number of hydrogen-bond donors (Lipinski definition) is 0. The average molecular weight is 371 g/mol. The molecule has 0 unspecified atom stereocenters. The highest BCUT2D eigenvalue weighted by molar-refractivity contribution is 9.40. The molecular formula is C9H7Br3O. The summed E-state index contributed by atoms with van der Waals surface area (Å²) in [7, 11) is 0. The van der Waals surface area contributed by atoms with Crippen LogP contribution in [-0.4, -0.2) is 7.93 Å². The molecule has 4 heteroatoms. The third-order valence-electron chi connectivity index (χ3n) is 1.57. The van der Waals surface area contributed by atoms with E-state index in [-0.39, 0.29) is 5.78 Å². The first kappa shape index (κ1) is 11.4. The molecule has 0 atom stereocenters. The van der Waals surface area contributed by atoms with Crippen molar-refractivity contribution in [1.29, 1.82) is 0 Å². The minimum absolute atomic E-state index is 0.0486. The van der Waals surface area contributed by atoms with Gasteiger partial charge in [-0.25, -0.2) is 0 Å². The van der Waals surface area contributed by atoms with E-state index in [1.54, 1.807) is 12.1 Å². The molecular weight excluding hydrogens is 364 g/mol. The van der Waals surface area contributed by atoms with Gasteiger partial charge in [0.25, 0.3) is 0 Å². The van der Waals surface area contributed by atoms with Gasteiger partial charge in [-0.3, -0.25) is 4.79 Å². The first-order valence-corrected chi connectivity index (χ1v) is 5.97. The molecule has 0 aromatic heterocycles. The fraction of sp³-hybridized carbons (Fsp3) is 0.222. The summed E-state index contributed by atoms with van der Waals surface area (Å²) < 4.78 is -0.845. The lowest BCUT2D eigenvalue weighted by Crippen LogP contribution is -2.16. The number of halogens is 3. The van der Waals surface area contributed by atoms with Crippen LogP contribution in [-0.2, 0) is 0 Å². The van der Waals surface area contributed by atoms with E-state index in [1.807, 2.05) is 19.1 Å². The number of ketones is 1. The maximum Gasteiger partial charge on any atom is 0.201 e. The van der Waals surface area contributed by atoms with Crippen LogP contribution in [0.1, 0.15) is 15.9 Å². The third-order valence-corrected chi connectivity index (χ3v) is 2.65. The smallest absolute Gasteiger partial charge is 0.201 e. The lowest BCUT2D eigenvalue weighted by molar-refractivity contribution is 0.101. The molecule has 1 aromatic carbocycles. The minimum Gasteiger partial charge on any atom is -0.291 e. The lowest BCUT2D eigenvalue weighted by atomic mass is 10.1. The highest BCUT2D eigenvalue weighted by Gasteiger charge is 2.29. The normalized spacial score (nSPS) is 11.4. The fourth-order valence-electron chi connectivity index (χ4n) is 0.869. The van der Waals surface area contributed by atoms with E-state index in [2.05, 4.69) is 47.8 Å². The number of alkyl halides is 3. The molecule has 1 aromatic rings. The summed E-state index contributed by atoms with van der Waals surface area (Å²) in [4.78, 5) is 11.6. The number of benzene rings is 1. The molecule has 0 spiro atoms. The summed E-state index contributed by atoms with van der Waals surface area (Å²) in [6, 6.07) is 7.42. The second kappa shape index (κ2) is 4.24. The zero-order chi connectivity index (χ0) is 10.1. The Balaban J connectivity index is 2.97. The molecule has 0 fully saturated rings. The highest BCUT2D eigenvalue weighted by Crippen LogP contribution is 2.36. The molecule has 0 amide bonds. The molecule has 0 aliphatic heterocycles. The SMILES string of the molecule is Cc1ccc(C(=O)C(Br)(Br)Br)cc1. The van der Waals surface area contributed by atoms with Gasteiger partial charge >= 0.3 is 0 Å². The van der Waals surface area contributed by atoms with Crippen LogP contribution >= 0.6 is 47.8 Å². The largest absolute Gasteiger partial charge is 0.291 e. The van der Waals surface area contributed by atoms with Gasteiger partial charge in [0, 0.05) is 5.56 Å². The summed E-state index contributed by atoms with van der Waals surface area (Å²) in [5, 5.41) is 0. The van der Waals surface area contributed by atoms with Crippen molar-refractivity contribution in [3.63, 3.8) is 0 Å². The quantitative estimate of drug-likeness (QED) is 0.539. The standard InChI is InChI=1S/C9H7Br3O/c1-6-2-4-7(5-3-6)8(13)9(10,11)12/h2-5H,1H3. The van der Waals surface area contributed by atoms with Gasteiger partial charge in [-0.15, -0.1) is 0 Å². The van der Waals surface area contributed by atoms with Gasteiger partial charge in [0.2, 0.25) is 5.78 Å². The maximum absolute atomic E-state index is 11.6. The first-order valence-electron chi connectivity index (χ1n) is 3.59. The van der Waals surface area contributed by atoms with Crippen LogP contribution in [0.3, 0.4) is 0 Å². The number of aryl methyl sites for hydroxylation is 1. The second-order valence-corrected chi connectivity index (χ2v) is 9.45. The molecule has 0 saturated carbocycles. The predicted octanol–water partition coefficient (Wildman–Crippen LogP) is 4.02. The number of rotatable bonds is 1. The molecule has 0 bridgehead atoms. The van der Waals surface area contributed by atoms with Gasteiger partial charge in [0.15, 0.2) is 2.14 Å². The fourth-order valence-corrected chi connectivity index (χ4v) is 1.56. The molecule has 13 heavy (non-hydrogen) atoms. The van der Waals surface area contributed by atoms with Crippen LogP contribution in [0.15, 0.2) is 24.3 Å². The van der Waals surface area contributed by atoms with E-state index >= 15 is 0 Å². The number of Topliss-reactive ketones (excluding diaryl/α,β-unsaturated/α-hetero) is 1. The minimum atomic E-state index is -0.845. The van der Waals surface area contributed by atoms with Crippen molar-refractivity contribution in [2.75, 3.05) is 0 Å². The van der Waals surface area contributed by atoms with E-state index in [0.717, 1.165) is 5.56 Å². The Hall–Kier alpha value is 0.330.